The quantitative estimate of drug-likeness (QED) is 0.386. The van der Waals surface area contributed by atoms with E-state index < -0.39 is 0 Å². The van der Waals surface area contributed by atoms with Gasteiger partial charge in [-0.3, -0.25) is 9.36 Å². The predicted molar refractivity (Wildman–Crippen MR) is 125 cm³/mol. The van der Waals surface area contributed by atoms with Gasteiger partial charge in [0.2, 0.25) is 5.91 Å². The van der Waals surface area contributed by atoms with Crippen molar-refractivity contribution in [3.05, 3.63) is 65.5 Å². The van der Waals surface area contributed by atoms with Crippen molar-refractivity contribution in [1.82, 2.24) is 20.1 Å². The van der Waals surface area contributed by atoms with Crippen LogP contribution in [0.1, 0.15) is 25.5 Å². The van der Waals surface area contributed by atoms with Gasteiger partial charge in [0.1, 0.15) is 0 Å². The normalized spacial score (nSPS) is 11.3. The minimum Gasteiger partial charge on any atom is -0.355 e. The van der Waals surface area contributed by atoms with E-state index in [4.69, 9.17) is 0 Å². The molecule has 1 N–H and O–H groups in total. The Balaban J connectivity index is 1.43. The molecular formula is C23H24N4OS2. The highest BCUT2D eigenvalue weighted by Gasteiger charge is 2.20. The highest BCUT2D eigenvalue weighted by atomic mass is 32.2. The molecule has 30 heavy (non-hydrogen) atoms. The number of aromatic nitrogens is 3. The van der Waals surface area contributed by atoms with Gasteiger partial charge < -0.3 is 5.32 Å². The molecule has 5 nitrogen and oxygen atoms in total. The zero-order chi connectivity index (χ0) is 20.9. The summed E-state index contributed by atoms with van der Waals surface area (Å²) in [6, 6.07) is 18.7. The van der Waals surface area contributed by atoms with E-state index in [1.54, 1.807) is 11.3 Å². The van der Waals surface area contributed by atoms with Crippen molar-refractivity contribution >= 4 is 39.1 Å². The first-order chi connectivity index (χ1) is 14.6. The SMILES string of the molecule is CC(C)n1c(SCC(=O)NCCc2ccccc2)nnc1-c1csc2ccccc12. The molecule has 154 valence electrons. The molecule has 7 heteroatoms. The van der Waals surface area contributed by atoms with Gasteiger partial charge in [0.05, 0.1) is 5.75 Å². The number of carbonyl (C=O) groups is 1. The summed E-state index contributed by atoms with van der Waals surface area (Å²) in [5.41, 5.74) is 2.31. The maximum atomic E-state index is 12.3. The van der Waals surface area contributed by atoms with Crippen LogP contribution in [-0.2, 0) is 11.2 Å². The zero-order valence-corrected chi connectivity index (χ0v) is 18.7. The number of nitrogens with zero attached hydrogens (tertiary/aromatic N) is 3. The van der Waals surface area contributed by atoms with Gasteiger partial charge in [-0.2, -0.15) is 0 Å². The van der Waals surface area contributed by atoms with Crippen LogP contribution in [0, 0.1) is 0 Å². The number of amides is 1. The van der Waals surface area contributed by atoms with E-state index in [0.29, 0.717) is 12.3 Å². The van der Waals surface area contributed by atoms with Gasteiger partial charge in [0, 0.05) is 33.6 Å². The summed E-state index contributed by atoms with van der Waals surface area (Å²) in [6.45, 7) is 4.86. The van der Waals surface area contributed by atoms with E-state index in [9.17, 15) is 4.79 Å². The molecule has 0 atom stereocenters. The first-order valence-electron chi connectivity index (χ1n) is 9.98. The van der Waals surface area contributed by atoms with Crippen LogP contribution in [0.2, 0.25) is 0 Å². The van der Waals surface area contributed by atoms with E-state index in [2.05, 4.69) is 63.6 Å². The Hall–Kier alpha value is -2.64. The Morgan fingerprint density at radius 1 is 1.10 bits per heavy atom. The van der Waals surface area contributed by atoms with Crippen molar-refractivity contribution in [3.8, 4) is 11.4 Å². The summed E-state index contributed by atoms with van der Waals surface area (Å²) in [5.74, 6) is 1.19. The predicted octanol–water partition coefficient (Wildman–Crippen LogP) is 5.19. The first kappa shape index (κ1) is 20.6. The minimum absolute atomic E-state index is 0.0109. The Morgan fingerprint density at radius 2 is 1.87 bits per heavy atom. The van der Waals surface area contributed by atoms with Crippen LogP contribution >= 0.6 is 23.1 Å². The van der Waals surface area contributed by atoms with Gasteiger partial charge in [-0.1, -0.05) is 60.3 Å². The molecule has 2 heterocycles. The number of fused-ring (bicyclic) bond motifs is 1. The molecule has 1 amide bonds. The maximum absolute atomic E-state index is 12.3. The van der Waals surface area contributed by atoms with Crippen LogP contribution in [0.15, 0.2) is 65.1 Å². The van der Waals surface area contributed by atoms with Gasteiger partial charge in [-0.05, 0) is 31.9 Å². The Labute approximate surface area is 184 Å². The topological polar surface area (TPSA) is 59.8 Å². The number of hydrogen-bond acceptors (Lipinski definition) is 5. The molecule has 0 spiro atoms. The molecule has 0 bridgehead atoms. The lowest BCUT2D eigenvalue weighted by molar-refractivity contribution is -0.118. The molecule has 2 aromatic carbocycles. The second-order valence-corrected chi connectivity index (χ2v) is 9.14. The molecule has 0 unspecified atom stereocenters. The Bertz CT molecular complexity index is 1130. The van der Waals surface area contributed by atoms with Gasteiger partial charge >= 0.3 is 0 Å². The Morgan fingerprint density at radius 3 is 2.67 bits per heavy atom. The average Bonchev–Trinajstić information content (AvgIpc) is 3.37. The lowest BCUT2D eigenvalue weighted by Crippen LogP contribution is -2.27. The molecular weight excluding hydrogens is 412 g/mol. The largest absolute Gasteiger partial charge is 0.355 e. The number of thiophene rings is 1. The summed E-state index contributed by atoms with van der Waals surface area (Å²) in [5, 5.41) is 16.0. The van der Waals surface area contributed by atoms with Crippen molar-refractivity contribution in [1.29, 1.82) is 0 Å². The zero-order valence-electron chi connectivity index (χ0n) is 17.0. The van der Waals surface area contributed by atoms with Crippen LogP contribution in [0.25, 0.3) is 21.5 Å². The fraction of sp³-hybridized carbons (Fsp3) is 0.261. The lowest BCUT2D eigenvalue weighted by atomic mass is 10.1. The average molecular weight is 437 g/mol. The summed E-state index contributed by atoms with van der Waals surface area (Å²) >= 11 is 3.15. The molecule has 0 aliphatic rings. The van der Waals surface area contributed by atoms with Gasteiger partial charge in [0.15, 0.2) is 11.0 Å². The van der Waals surface area contributed by atoms with E-state index in [1.807, 2.05) is 30.3 Å². The number of rotatable bonds is 8. The third-order valence-electron chi connectivity index (χ3n) is 4.81. The minimum atomic E-state index is 0.0109. The van der Waals surface area contributed by atoms with Crippen molar-refractivity contribution in [2.45, 2.75) is 31.5 Å². The van der Waals surface area contributed by atoms with Crippen LogP contribution in [-0.4, -0.2) is 33.0 Å². The monoisotopic (exact) mass is 436 g/mol. The highest BCUT2D eigenvalue weighted by Crippen LogP contribution is 2.35. The molecule has 4 aromatic rings. The number of nitrogens with one attached hydrogen (secondary N) is 1. The van der Waals surface area contributed by atoms with Crippen molar-refractivity contribution in [3.63, 3.8) is 0 Å². The molecule has 2 aromatic heterocycles. The summed E-state index contributed by atoms with van der Waals surface area (Å²) in [4.78, 5) is 12.3. The standard InChI is InChI=1S/C23H24N4OS2/c1-16(2)27-22(19-14-29-20-11-7-6-10-18(19)20)25-26-23(27)30-15-21(28)24-13-12-17-8-4-3-5-9-17/h3-11,14,16H,12-13,15H2,1-2H3,(H,24,28). The molecule has 0 radical (unpaired) electrons. The molecule has 0 aliphatic carbocycles. The molecule has 0 aliphatic heterocycles. The fourth-order valence-corrected chi connectivity index (χ4v) is 5.18. The third-order valence-corrected chi connectivity index (χ3v) is 6.72. The number of hydrogen-bond donors (Lipinski definition) is 1. The van der Waals surface area contributed by atoms with Gasteiger partial charge in [-0.15, -0.1) is 21.5 Å². The van der Waals surface area contributed by atoms with E-state index in [0.717, 1.165) is 23.0 Å². The molecule has 0 fully saturated rings. The first-order valence-corrected chi connectivity index (χ1v) is 11.8. The van der Waals surface area contributed by atoms with E-state index >= 15 is 0 Å². The Kier molecular flexibility index (Phi) is 6.50. The maximum Gasteiger partial charge on any atom is 0.230 e. The molecule has 4 rings (SSSR count). The van der Waals surface area contributed by atoms with E-state index in [1.165, 1.54) is 27.4 Å². The van der Waals surface area contributed by atoms with Crippen LogP contribution < -0.4 is 5.32 Å². The third kappa shape index (κ3) is 4.57. The molecule has 0 saturated carbocycles. The number of carbonyl (C=O) groups excluding carboxylic acids is 1. The number of thioether (sulfide) groups is 1. The van der Waals surface area contributed by atoms with E-state index in [-0.39, 0.29) is 11.9 Å². The smallest absolute Gasteiger partial charge is 0.230 e. The van der Waals surface area contributed by atoms with Crippen LogP contribution in [0.5, 0.6) is 0 Å². The second kappa shape index (κ2) is 9.45. The van der Waals surface area contributed by atoms with Crippen LogP contribution in [0.4, 0.5) is 0 Å². The summed E-state index contributed by atoms with van der Waals surface area (Å²) < 4.78 is 3.36. The van der Waals surface area contributed by atoms with Crippen molar-refractivity contribution in [2.24, 2.45) is 0 Å². The van der Waals surface area contributed by atoms with Gasteiger partial charge in [0.25, 0.3) is 0 Å². The fourth-order valence-electron chi connectivity index (χ4n) is 3.35. The van der Waals surface area contributed by atoms with Crippen LogP contribution in [0.3, 0.4) is 0 Å². The summed E-state index contributed by atoms with van der Waals surface area (Å²) in [6.07, 6.45) is 0.828. The lowest BCUT2D eigenvalue weighted by Gasteiger charge is -2.13. The second-order valence-electron chi connectivity index (χ2n) is 7.29. The van der Waals surface area contributed by atoms with Gasteiger partial charge in [-0.25, -0.2) is 0 Å². The van der Waals surface area contributed by atoms with Crippen molar-refractivity contribution in [2.75, 3.05) is 12.3 Å². The van der Waals surface area contributed by atoms with Crippen molar-refractivity contribution < 1.29 is 4.79 Å². The highest BCUT2D eigenvalue weighted by molar-refractivity contribution is 7.99. The number of benzene rings is 2. The molecule has 0 saturated heterocycles. The summed E-state index contributed by atoms with van der Waals surface area (Å²) in [7, 11) is 0.